The molecule has 2 rings (SSSR count). The lowest BCUT2D eigenvalue weighted by molar-refractivity contribution is -0.123. The van der Waals surface area contributed by atoms with Gasteiger partial charge in [0.05, 0.1) is 6.04 Å². The van der Waals surface area contributed by atoms with Crippen LogP contribution in [0.3, 0.4) is 0 Å². The van der Waals surface area contributed by atoms with Crippen molar-refractivity contribution in [3.8, 4) is 0 Å². The van der Waals surface area contributed by atoms with E-state index in [0.29, 0.717) is 0 Å². The van der Waals surface area contributed by atoms with E-state index in [1.54, 1.807) is 11.3 Å². The Morgan fingerprint density at radius 2 is 1.77 bits per heavy atom. The van der Waals surface area contributed by atoms with Gasteiger partial charge < -0.3 is 11.1 Å². The van der Waals surface area contributed by atoms with Crippen LogP contribution in [0.4, 0.5) is 0 Å². The molecule has 22 heavy (non-hydrogen) atoms. The maximum atomic E-state index is 12.3. The molecule has 5 heteroatoms. The van der Waals surface area contributed by atoms with Crippen molar-refractivity contribution in [2.45, 2.75) is 39.8 Å². The van der Waals surface area contributed by atoms with Crippen LogP contribution in [0.5, 0.6) is 0 Å². The summed E-state index contributed by atoms with van der Waals surface area (Å²) in [6.45, 7) is 8.16. The van der Waals surface area contributed by atoms with Crippen molar-refractivity contribution in [1.29, 1.82) is 0 Å². The Kier molecular flexibility index (Phi) is 6.60. The van der Waals surface area contributed by atoms with Crippen LogP contribution in [-0.2, 0) is 4.79 Å². The van der Waals surface area contributed by atoms with Crippen LogP contribution in [0.1, 0.15) is 45.5 Å². The molecule has 0 saturated heterocycles. The number of carbonyl (C=O) groups excluding carboxylic acids is 1. The summed E-state index contributed by atoms with van der Waals surface area (Å²) in [5.74, 6) is -0.144. The lowest BCUT2D eigenvalue weighted by Gasteiger charge is -2.18. The molecule has 1 aromatic heterocycles. The maximum Gasteiger partial charge on any atom is 0.241 e. The zero-order valence-corrected chi connectivity index (χ0v) is 15.0. The van der Waals surface area contributed by atoms with Gasteiger partial charge in [0.1, 0.15) is 6.04 Å². The van der Waals surface area contributed by atoms with Gasteiger partial charge in [-0.3, -0.25) is 4.79 Å². The minimum absolute atomic E-state index is 0. The number of hydrogen-bond acceptors (Lipinski definition) is 3. The Balaban J connectivity index is 0.00000242. The number of benzene rings is 1. The Morgan fingerprint density at radius 3 is 2.27 bits per heavy atom. The van der Waals surface area contributed by atoms with E-state index < -0.39 is 6.04 Å². The summed E-state index contributed by atoms with van der Waals surface area (Å²) in [7, 11) is 0. The number of carbonyl (C=O) groups is 1. The highest BCUT2D eigenvalue weighted by molar-refractivity contribution is 7.12. The van der Waals surface area contributed by atoms with Crippen LogP contribution >= 0.6 is 23.7 Å². The molecule has 0 aliphatic heterocycles. The third-order valence-corrected chi connectivity index (χ3v) is 4.61. The Morgan fingerprint density at radius 1 is 1.18 bits per heavy atom. The van der Waals surface area contributed by atoms with E-state index in [2.05, 4.69) is 25.2 Å². The molecule has 0 fully saturated rings. The normalized spacial score (nSPS) is 13.1. The lowest BCUT2D eigenvalue weighted by atomic mass is 10.0. The third kappa shape index (κ3) is 4.32. The average Bonchev–Trinajstić information content (AvgIpc) is 2.77. The minimum Gasteiger partial charge on any atom is -0.348 e. The van der Waals surface area contributed by atoms with Crippen molar-refractivity contribution < 1.29 is 4.79 Å². The van der Waals surface area contributed by atoms with E-state index in [1.807, 2.05) is 38.1 Å². The van der Waals surface area contributed by atoms with Gasteiger partial charge in [-0.15, -0.1) is 23.7 Å². The van der Waals surface area contributed by atoms with Crippen molar-refractivity contribution in [3.63, 3.8) is 0 Å². The van der Waals surface area contributed by atoms with Gasteiger partial charge in [0.15, 0.2) is 0 Å². The number of thiophene rings is 1. The van der Waals surface area contributed by atoms with Gasteiger partial charge in [0.25, 0.3) is 0 Å². The lowest BCUT2D eigenvalue weighted by Crippen LogP contribution is -2.35. The Hall–Kier alpha value is -1.36. The van der Waals surface area contributed by atoms with E-state index in [4.69, 9.17) is 5.73 Å². The van der Waals surface area contributed by atoms with Gasteiger partial charge in [0.2, 0.25) is 5.91 Å². The molecule has 0 radical (unpaired) electrons. The second-order valence-corrected chi connectivity index (χ2v) is 6.95. The van der Waals surface area contributed by atoms with Crippen LogP contribution in [-0.4, -0.2) is 5.91 Å². The number of rotatable bonds is 4. The fraction of sp³-hybridized carbons (Fsp3) is 0.353. The molecule has 1 heterocycles. The highest BCUT2D eigenvalue weighted by Crippen LogP contribution is 2.26. The second-order valence-electron chi connectivity index (χ2n) is 5.49. The molecule has 2 unspecified atom stereocenters. The van der Waals surface area contributed by atoms with Gasteiger partial charge in [-0.05, 0) is 44.9 Å². The molecule has 0 saturated carbocycles. The van der Waals surface area contributed by atoms with Crippen LogP contribution in [0.15, 0.2) is 30.3 Å². The molecule has 0 bridgehead atoms. The molecule has 2 aromatic rings. The number of nitrogens with two attached hydrogens (primary N) is 1. The first-order chi connectivity index (χ1) is 9.88. The quantitative estimate of drug-likeness (QED) is 0.886. The number of hydrogen-bond donors (Lipinski definition) is 2. The van der Waals surface area contributed by atoms with Crippen LogP contribution in [0, 0.1) is 20.8 Å². The van der Waals surface area contributed by atoms with Crippen molar-refractivity contribution in [1.82, 2.24) is 5.32 Å². The average molecular weight is 339 g/mol. The van der Waals surface area contributed by atoms with Gasteiger partial charge in [-0.25, -0.2) is 0 Å². The monoisotopic (exact) mass is 338 g/mol. The second kappa shape index (κ2) is 7.77. The Labute approximate surface area is 142 Å². The molecule has 0 spiro atoms. The number of amides is 1. The predicted molar refractivity (Wildman–Crippen MR) is 95.7 cm³/mol. The smallest absolute Gasteiger partial charge is 0.241 e. The number of nitrogens with one attached hydrogen (secondary N) is 1. The summed E-state index contributed by atoms with van der Waals surface area (Å²) in [6.07, 6.45) is 0. The van der Waals surface area contributed by atoms with E-state index in [1.165, 1.54) is 15.3 Å². The largest absolute Gasteiger partial charge is 0.348 e. The third-order valence-electron chi connectivity index (χ3n) is 3.62. The first-order valence-electron chi connectivity index (χ1n) is 7.08. The number of halogens is 1. The zero-order chi connectivity index (χ0) is 15.6. The first-order valence-corrected chi connectivity index (χ1v) is 7.89. The topological polar surface area (TPSA) is 55.1 Å². The minimum atomic E-state index is -0.631. The molecule has 3 nitrogen and oxygen atoms in total. The summed E-state index contributed by atoms with van der Waals surface area (Å²) >= 11 is 1.75. The molecule has 0 aliphatic rings. The predicted octanol–water partition coefficient (Wildman–Crippen LogP) is 3.97. The fourth-order valence-corrected chi connectivity index (χ4v) is 3.41. The van der Waals surface area contributed by atoms with Gasteiger partial charge in [-0.2, -0.15) is 0 Å². The van der Waals surface area contributed by atoms with E-state index in [9.17, 15) is 4.79 Å². The van der Waals surface area contributed by atoms with Gasteiger partial charge in [0, 0.05) is 9.75 Å². The van der Waals surface area contributed by atoms with Crippen molar-refractivity contribution in [2.75, 3.05) is 0 Å². The van der Waals surface area contributed by atoms with Gasteiger partial charge >= 0.3 is 0 Å². The maximum absolute atomic E-state index is 12.3. The van der Waals surface area contributed by atoms with E-state index in [0.717, 1.165) is 11.1 Å². The molecule has 1 amide bonds. The summed E-state index contributed by atoms with van der Waals surface area (Å²) in [4.78, 5) is 14.8. The summed E-state index contributed by atoms with van der Waals surface area (Å²) in [5, 5.41) is 3.01. The Bertz CT molecular complexity index is 637. The molecule has 2 atom stereocenters. The van der Waals surface area contributed by atoms with Crippen molar-refractivity contribution in [2.24, 2.45) is 5.73 Å². The molecule has 0 aliphatic carbocycles. The molecular weight excluding hydrogens is 316 g/mol. The highest BCUT2D eigenvalue weighted by Gasteiger charge is 2.19. The summed E-state index contributed by atoms with van der Waals surface area (Å²) < 4.78 is 0. The SMILES string of the molecule is Cc1ccc(C(N)C(=O)NC(C)c2cc(C)sc2C)cc1.Cl. The van der Waals surface area contributed by atoms with Crippen LogP contribution < -0.4 is 11.1 Å². The standard InChI is InChI=1S/C17H22N2OS.ClH/c1-10-5-7-14(8-6-10)16(18)17(20)19-12(3)15-9-11(2)21-13(15)4;/h5-9,12,16H,18H2,1-4H3,(H,19,20);1H. The highest BCUT2D eigenvalue weighted by atomic mass is 35.5. The van der Waals surface area contributed by atoms with E-state index in [-0.39, 0.29) is 24.4 Å². The van der Waals surface area contributed by atoms with Crippen LogP contribution in [0.25, 0.3) is 0 Å². The van der Waals surface area contributed by atoms with Gasteiger partial charge in [-0.1, -0.05) is 29.8 Å². The summed E-state index contributed by atoms with van der Waals surface area (Å²) in [5.41, 5.74) is 9.21. The first kappa shape index (κ1) is 18.7. The van der Waals surface area contributed by atoms with Crippen molar-refractivity contribution in [3.05, 3.63) is 56.8 Å². The van der Waals surface area contributed by atoms with Crippen LogP contribution in [0.2, 0.25) is 0 Å². The van der Waals surface area contributed by atoms with E-state index >= 15 is 0 Å². The molecule has 1 aromatic carbocycles. The fourth-order valence-electron chi connectivity index (χ4n) is 2.39. The van der Waals surface area contributed by atoms with Crippen molar-refractivity contribution >= 4 is 29.7 Å². The summed E-state index contributed by atoms with van der Waals surface area (Å²) in [6, 6.07) is 9.22. The molecule has 3 N–H and O–H groups in total. The number of aryl methyl sites for hydroxylation is 3. The molecule has 120 valence electrons. The molecular formula is C17H23ClN2OS. The zero-order valence-electron chi connectivity index (χ0n) is 13.3.